The van der Waals surface area contributed by atoms with Gasteiger partial charge in [-0.3, -0.25) is 4.79 Å². The van der Waals surface area contributed by atoms with E-state index in [0.717, 1.165) is 25.9 Å². The van der Waals surface area contributed by atoms with E-state index in [-0.39, 0.29) is 17.9 Å². The summed E-state index contributed by atoms with van der Waals surface area (Å²) in [5, 5.41) is 6.52. The minimum absolute atomic E-state index is 0.146. The first kappa shape index (κ1) is 10.8. The summed E-state index contributed by atoms with van der Waals surface area (Å²) >= 11 is 0. The number of benzene rings is 1. The predicted molar refractivity (Wildman–Crippen MR) is 66.5 cm³/mol. The van der Waals surface area contributed by atoms with Crippen molar-refractivity contribution in [1.82, 2.24) is 10.6 Å². The molecule has 0 saturated heterocycles. The zero-order chi connectivity index (χ0) is 11.8. The summed E-state index contributed by atoms with van der Waals surface area (Å²) in [7, 11) is 0. The molecule has 1 aromatic carbocycles. The Labute approximate surface area is 102 Å². The smallest absolute Gasteiger partial charge is 0.223 e. The Morgan fingerprint density at radius 3 is 3.00 bits per heavy atom. The van der Waals surface area contributed by atoms with Gasteiger partial charge in [0.25, 0.3) is 0 Å². The molecule has 1 amide bonds. The van der Waals surface area contributed by atoms with E-state index >= 15 is 0 Å². The second-order valence-electron chi connectivity index (χ2n) is 5.17. The second kappa shape index (κ2) is 4.15. The highest BCUT2D eigenvalue weighted by Gasteiger charge is 2.32. The number of rotatable bonds is 2. The largest absolute Gasteiger partial charge is 0.348 e. The normalized spacial score (nSPS) is 23.0. The molecule has 1 saturated carbocycles. The molecule has 2 N–H and O–H groups in total. The number of nitrogens with one attached hydrogen (secondary N) is 2. The number of fused-ring (bicyclic) bond motifs is 1. The average Bonchev–Trinajstić information content (AvgIpc) is 3.12. The maximum Gasteiger partial charge on any atom is 0.223 e. The minimum atomic E-state index is 0.146. The standard InChI is InChI=1S/C14H18N2O/c1-9-2-5-12-11(6-9)7-15-8-13(12)16-14(17)10-3-4-10/h2,5-6,10,13,15H,3-4,7-8H2,1H3,(H,16,17). The van der Waals surface area contributed by atoms with Crippen LogP contribution < -0.4 is 10.6 Å². The highest BCUT2D eigenvalue weighted by atomic mass is 16.2. The van der Waals surface area contributed by atoms with E-state index in [4.69, 9.17) is 0 Å². The van der Waals surface area contributed by atoms with Crippen molar-refractivity contribution in [1.29, 1.82) is 0 Å². The van der Waals surface area contributed by atoms with Crippen LogP contribution in [0.3, 0.4) is 0 Å². The molecule has 1 atom stereocenters. The summed E-state index contributed by atoms with van der Waals surface area (Å²) in [6.07, 6.45) is 2.12. The lowest BCUT2D eigenvalue weighted by molar-refractivity contribution is -0.123. The monoisotopic (exact) mass is 230 g/mol. The van der Waals surface area contributed by atoms with E-state index in [2.05, 4.69) is 35.8 Å². The number of carbonyl (C=O) groups excluding carboxylic acids is 1. The Balaban J connectivity index is 1.81. The van der Waals surface area contributed by atoms with Gasteiger partial charge >= 0.3 is 0 Å². The van der Waals surface area contributed by atoms with Crippen molar-refractivity contribution < 1.29 is 4.79 Å². The lowest BCUT2D eigenvalue weighted by atomic mass is 9.95. The Bertz CT molecular complexity index is 452. The average molecular weight is 230 g/mol. The fourth-order valence-corrected chi connectivity index (χ4v) is 2.45. The zero-order valence-corrected chi connectivity index (χ0v) is 10.1. The van der Waals surface area contributed by atoms with Gasteiger partial charge < -0.3 is 10.6 Å². The molecular weight excluding hydrogens is 212 g/mol. The van der Waals surface area contributed by atoms with Gasteiger partial charge in [-0.2, -0.15) is 0 Å². The van der Waals surface area contributed by atoms with Crippen LogP contribution in [-0.4, -0.2) is 12.5 Å². The molecule has 0 spiro atoms. The van der Waals surface area contributed by atoms with Crippen LogP contribution >= 0.6 is 0 Å². The van der Waals surface area contributed by atoms with Crippen LogP contribution in [0.2, 0.25) is 0 Å². The van der Waals surface area contributed by atoms with Crippen LogP contribution in [-0.2, 0) is 11.3 Å². The number of hydrogen-bond acceptors (Lipinski definition) is 2. The minimum Gasteiger partial charge on any atom is -0.348 e. The molecule has 0 bridgehead atoms. The van der Waals surface area contributed by atoms with Gasteiger partial charge in [-0.1, -0.05) is 23.8 Å². The number of aryl methyl sites for hydroxylation is 1. The number of carbonyl (C=O) groups is 1. The molecule has 1 aliphatic carbocycles. The van der Waals surface area contributed by atoms with E-state index in [1.807, 2.05) is 0 Å². The van der Waals surface area contributed by atoms with Crippen LogP contribution in [0.4, 0.5) is 0 Å². The maximum absolute atomic E-state index is 11.8. The first-order chi connectivity index (χ1) is 8.24. The van der Waals surface area contributed by atoms with E-state index in [1.54, 1.807) is 0 Å². The summed E-state index contributed by atoms with van der Waals surface area (Å²) in [5.41, 5.74) is 3.88. The SMILES string of the molecule is Cc1ccc2c(c1)CNCC2NC(=O)C1CC1. The van der Waals surface area contributed by atoms with E-state index in [1.165, 1.54) is 16.7 Å². The topological polar surface area (TPSA) is 41.1 Å². The number of hydrogen-bond donors (Lipinski definition) is 2. The molecule has 1 aromatic rings. The van der Waals surface area contributed by atoms with Crippen LogP contribution in [0.15, 0.2) is 18.2 Å². The highest BCUT2D eigenvalue weighted by molar-refractivity contribution is 5.81. The fraction of sp³-hybridized carbons (Fsp3) is 0.500. The van der Waals surface area contributed by atoms with Gasteiger partial charge in [0, 0.05) is 19.0 Å². The van der Waals surface area contributed by atoms with Crippen molar-refractivity contribution in [3.8, 4) is 0 Å². The van der Waals surface area contributed by atoms with Gasteiger partial charge in [0.1, 0.15) is 0 Å². The first-order valence-electron chi connectivity index (χ1n) is 6.34. The lowest BCUT2D eigenvalue weighted by Crippen LogP contribution is -2.40. The van der Waals surface area contributed by atoms with Crippen molar-refractivity contribution in [2.45, 2.75) is 32.4 Å². The summed E-state index contributed by atoms with van der Waals surface area (Å²) < 4.78 is 0. The van der Waals surface area contributed by atoms with Gasteiger partial charge in [0.2, 0.25) is 5.91 Å². The van der Waals surface area contributed by atoms with Crippen molar-refractivity contribution in [2.24, 2.45) is 5.92 Å². The quantitative estimate of drug-likeness (QED) is 0.811. The van der Waals surface area contributed by atoms with Crippen LogP contribution in [0.25, 0.3) is 0 Å². The summed E-state index contributed by atoms with van der Waals surface area (Å²) in [6, 6.07) is 6.63. The third-order valence-electron chi connectivity index (χ3n) is 3.60. The molecule has 2 aliphatic rings. The molecule has 1 heterocycles. The van der Waals surface area contributed by atoms with Gasteiger partial charge in [0.05, 0.1) is 6.04 Å². The summed E-state index contributed by atoms with van der Waals surface area (Å²) in [4.78, 5) is 11.8. The van der Waals surface area contributed by atoms with Crippen LogP contribution in [0.5, 0.6) is 0 Å². The molecule has 90 valence electrons. The highest BCUT2D eigenvalue weighted by Crippen LogP contribution is 2.30. The molecule has 0 aromatic heterocycles. The van der Waals surface area contributed by atoms with E-state index in [9.17, 15) is 4.79 Å². The summed E-state index contributed by atoms with van der Waals surface area (Å²) in [6.45, 7) is 3.86. The molecule has 17 heavy (non-hydrogen) atoms. The van der Waals surface area contributed by atoms with Crippen molar-refractivity contribution in [3.05, 3.63) is 34.9 Å². The molecule has 3 heteroatoms. The number of amides is 1. The van der Waals surface area contributed by atoms with Crippen LogP contribution in [0.1, 0.15) is 35.6 Å². The van der Waals surface area contributed by atoms with E-state index < -0.39 is 0 Å². The molecule has 1 aliphatic heterocycles. The molecular formula is C14H18N2O. The Kier molecular flexibility index (Phi) is 2.63. The third-order valence-corrected chi connectivity index (χ3v) is 3.60. The fourth-order valence-electron chi connectivity index (χ4n) is 2.45. The Morgan fingerprint density at radius 2 is 2.24 bits per heavy atom. The van der Waals surface area contributed by atoms with Gasteiger partial charge in [-0.05, 0) is 30.9 Å². The maximum atomic E-state index is 11.8. The first-order valence-corrected chi connectivity index (χ1v) is 6.34. The van der Waals surface area contributed by atoms with Crippen molar-refractivity contribution in [2.75, 3.05) is 6.54 Å². The van der Waals surface area contributed by atoms with Gasteiger partial charge in [0.15, 0.2) is 0 Å². The molecule has 3 nitrogen and oxygen atoms in total. The van der Waals surface area contributed by atoms with Crippen molar-refractivity contribution >= 4 is 5.91 Å². The zero-order valence-electron chi connectivity index (χ0n) is 10.1. The van der Waals surface area contributed by atoms with Crippen molar-refractivity contribution in [3.63, 3.8) is 0 Å². The Hall–Kier alpha value is -1.35. The molecule has 1 unspecified atom stereocenters. The lowest BCUT2D eigenvalue weighted by Gasteiger charge is -2.27. The second-order valence-corrected chi connectivity index (χ2v) is 5.17. The van der Waals surface area contributed by atoms with Gasteiger partial charge in [-0.15, -0.1) is 0 Å². The van der Waals surface area contributed by atoms with Crippen LogP contribution in [0, 0.1) is 12.8 Å². The molecule has 3 rings (SSSR count). The summed E-state index contributed by atoms with van der Waals surface area (Å²) in [5.74, 6) is 0.510. The molecule has 1 fully saturated rings. The predicted octanol–water partition coefficient (Wildman–Crippen LogP) is 1.67. The third kappa shape index (κ3) is 2.20. The molecule has 0 radical (unpaired) electrons. The van der Waals surface area contributed by atoms with E-state index in [0.29, 0.717) is 0 Å². The Morgan fingerprint density at radius 1 is 1.41 bits per heavy atom. The van der Waals surface area contributed by atoms with Gasteiger partial charge in [-0.25, -0.2) is 0 Å².